The zero-order chi connectivity index (χ0) is 16.5. The number of rotatable bonds is 5. The molecule has 1 atom stereocenters. The molecular weight excluding hydrogens is 264 g/mol. The van der Waals surface area contributed by atoms with Gasteiger partial charge in [-0.2, -0.15) is 0 Å². The molecule has 0 spiro atoms. The molecule has 1 aliphatic rings. The minimum absolute atomic E-state index is 0.0518. The topological polar surface area (TPSA) is 35.5 Å². The maximum Gasteiger partial charge on any atom is 0.312 e. The second kappa shape index (κ2) is 5.91. The van der Waals surface area contributed by atoms with Crippen molar-refractivity contribution in [3.05, 3.63) is 0 Å². The Morgan fingerprint density at radius 2 is 1.62 bits per heavy atom. The summed E-state index contributed by atoms with van der Waals surface area (Å²) in [5.41, 5.74) is -0.475. The van der Waals surface area contributed by atoms with Crippen molar-refractivity contribution in [2.75, 3.05) is 19.8 Å². The fraction of sp³-hybridized carbons (Fsp3) is 0.944. The third-order valence-corrected chi connectivity index (χ3v) is 5.07. The molecule has 0 aromatic heterocycles. The summed E-state index contributed by atoms with van der Waals surface area (Å²) in [7, 11) is 0. The number of hydrogen-bond acceptors (Lipinski definition) is 3. The van der Waals surface area contributed by atoms with Crippen LogP contribution in [0.25, 0.3) is 0 Å². The van der Waals surface area contributed by atoms with Crippen LogP contribution in [-0.4, -0.2) is 25.8 Å². The first kappa shape index (κ1) is 18.5. The molecular formula is C18H34O3. The Labute approximate surface area is 130 Å². The summed E-state index contributed by atoms with van der Waals surface area (Å²) < 4.78 is 11.1. The molecule has 0 radical (unpaired) electrons. The van der Waals surface area contributed by atoms with Gasteiger partial charge in [0.15, 0.2) is 0 Å². The fourth-order valence-electron chi connectivity index (χ4n) is 2.86. The molecule has 0 aliphatic carbocycles. The minimum atomic E-state index is -0.481. The van der Waals surface area contributed by atoms with Crippen molar-refractivity contribution in [2.24, 2.45) is 21.7 Å². The van der Waals surface area contributed by atoms with E-state index in [1.54, 1.807) is 0 Å². The smallest absolute Gasteiger partial charge is 0.312 e. The summed E-state index contributed by atoms with van der Waals surface area (Å²) in [6.07, 6.45) is 1.81. The summed E-state index contributed by atoms with van der Waals surface area (Å²) in [6, 6.07) is 0. The van der Waals surface area contributed by atoms with E-state index in [0.29, 0.717) is 19.8 Å². The van der Waals surface area contributed by atoms with Gasteiger partial charge in [-0.15, -0.1) is 0 Å². The lowest BCUT2D eigenvalue weighted by molar-refractivity contribution is -0.185. The summed E-state index contributed by atoms with van der Waals surface area (Å²) >= 11 is 0. The van der Waals surface area contributed by atoms with Crippen LogP contribution >= 0.6 is 0 Å². The molecule has 1 saturated heterocycles. The molecule has 0 aromatic rings. The molecule has 1 aliphatic heterocycles. The zero-order valence-electron chi connectivity index (χ0n) is 15.3. The van der Waals surface area contributed by atoms with Crippen LogP contribution in [0.3, 0.4) is 0 Å². The number of hydrogen-bond donors (Lipinski definition) is 0. The lowest BCUT2D eigenvalue weighted by atomic mass is 9.61. The van der Waals surface area contributed by atoms with Crippen LogP contribution in [0.5, 0.6) is 0 Å². The average Bonchev–Trinajstić information content (AvgIpc) is 2.23. The highest BCUT2D eigenvalue weighted by atomic mass is 16.5. The van der Waals surface area contributed by atoms with E-state index in [1.807, 2.05) is 0 Å². The van der Waals surface area contributed by atoms with Gasteiger partial charge in [0.25, 0.3) is 0 Å². The molecule has 3 heteroatoms. The van der Waals surface area contributed by atoms with Gasteiger partial charge in [-0.3, -0.25) is 4.79 Å². The minimum Gasteiger partial charge on any atom is -0.464 e. The number of carbonyl (C=O) groups is 1. The van der Waals surface area contributed by atoms with Gasteiger partial charge >= 0.3 is 5.97 Å². The summed E-state index contributed by atoms with van der Waals surface area (Å²) in [5, 5.41) is 0. The largest absolute Gasteiger partial charge is 0.464 e. The van der Waals surface area contributed by atoms with Gasteiger partial charge in [0.1, 0.15) is 6.61 Å². The molecule has 0 saturated carbocycles. The molecule has 1 fully saturated rings. The van der Waals surface area contributed by atoms with Crippen molar-refractivity contribution < 1.29 is 14.3 Å². The highest BCUT2D eigenvalue weighted by Crippen LogP contribution is 2.47. The molecule has 3 nitrogen and oxygen atoms in total. The fourth-order valence-corrected chi connectivity index (χ4v) is 2.86. The molecule has 21 heavy (non-hydrogen) atoms. The molecule has 124 valence electrons. The SMILES string of the molecule is CCC1(COC(=O)C(C)(CC(C)(C)C)C(C)(C)C)COC1. The molecule has 0 aromatic carbocycles. The van der Waals surface area contributed by atoms with Gasteiger partial charge < -0.3 is 9.47 Å². The van der Waals surface area contributed by atoms with Crippen LogP contribution in [0, 0.1) is 21.7 Å². The maximum absolute atomic E-state index is 12.8. The van der Waals surface area contributed by atoms with Gasteiger partial charge in [-0.1, -0.05) is 48.5 Å². The van der Waals surface area contributed by atoms with Crippen molar-refractivity contribution in [2.45, 2.75) is 68.2 Å². The Bertz CT molecular complexity index is 363. The monoisotopic (exact) mass is 298 g/mol. The standard InChI is InChI=1S/C18H34O3/c1-9-18(11-20-12-18)13-21-14(19)17(8,16(5,6)7)10-15(2,3)4/h9-13H2,1-8H3. The molecule has 0 amide bonds. The second-order valence-electron chi connectivity index (χ2n) is 9.24. The van der Waals surface area contributed by atoms with E-state index in [4.69, 9.17) is 9.47 Å². The van der Waals surface area contributed by atoms with E-state index in [1.165, 1.54) is 0 Å². The van der Waals surface area contributed by atoms with Crippen molar-refractivity contribution in [3.63, 3.8) is 0 Å². The van der Waals surface area contributed by atoms with E-state index in [0.717, 1.165) is 12.8 Å². The van der Waals surface area contributed by atoms with Crippen molar-refractivity contribution in [3.8, 4) is 0 Å². The van der Waals surface area contributed by atoms with Crippen molar-refractivity contribution >= 4 is 5.97 Å². The van der Waals surface area contributed by atoms with Gasteiger partial charge in [-0.25, -0.2) is 0 Å². The third kappa shape index (κ3) is 4.21. The third-order valence-electron chi connectivity index (χ3n) is 5.07. The van der Waals surface area contributed by atoms with Gasteiger partial charge in [0.05, 0.1) is 24.0 Å². The normalized spacial score (nSPS) is 21.3. The number of ether oxygens (including phenoxy) is 2. The lowest BCUT2D eigenvalue weighted by Crippen LogP contribution is -2.49. The van der Waals surface area contributed by atoms with Crippen molar-refractivity contribution in [1.82, 2.24) is 0 Å². The van der Waals surface area contributed by atoms with E-state index in [2.05, 4.69) is 55.4 Å². The summed E-state index contributed by atoms with van der Waals surface area (Å²) in [4.78, 5) is 12.8. The van der Waals surface area contributed by atoms with Crippen LogP contribution in [0.1, 0.15) is 68.2 Å². The Morgan fingerprint density at radius 3 is 1.90 bits per heavy atom. The van der Waals surface area contributed by atoms with Crippen molar-refractivity contribution in [1.29, 1.82) is 0 Å². The number of carbonyl (C=O) groups excluding carboxylic acids is 1. The molecule has 1 rings (SSSR count). The average molecular weight is 298 g/mol. The van der Waals surface area contributed by atoms with Gasteiger partial charge in [0, 0.05) is 0 Å². The van der Waals surface area contributed by atoms with Crippen LogP contribution in [0.2, 0.25) is 0 Å². The Morgan fingerprint density at radius 1 is 1.10 bits per heavy atom. The molecule has 0 N–H and O–H groups in total. The van der Waals surface area contributed by atoms with Crippen LogP contribution in [-0.2, 0) is 14.3 Å². The maximum atomic E-state index is 12.8. The van der Waals surface area contributed by atoms with Crippen LogP contribution in [0.15, 0.2) is 0 Å². The first-order chi connectivity index (χ1) is 9.35. The summed E-state index contributed by atoms with van der Waals surface area (Å²) in [5.74, 6) is -0.0651. The predicted octanol–water partition coefficient (Wildman–Crippen LogP) is 4.44. The van der Waals surface area contributed by atoms with E-state index < -0.39 is 5.41 Å². The first-order valence-corrected chi connectivity index (χ1v) is 8.10. The summed E-state index contributed by atoms with van der Waals surface area (Å²) in [6.45, 7) is 19.0. The van der Waals surface area contributed by atoms with Crippen LogP contribution < -0.4 is 0 Å². The van der Waals surface area contributed by atoms with Crippen LogP contribution in [0.4, 0.5) is 0 Å². The molecule has 1 heterocycles. The Balaban J connectivity index is 2.81. The predicted molar refractivity (Wildman–Crippen MR) is 86.1 cm³/mol. The Kier molecular flexibility index (Phi) is 5.20. The molecule has 0 bridgehead atoms. The molecule has 1 unspecified atom stereocenters. The van der Waals surface area contributed by atoms with E-state index in [-0.39, 0.29) is 22.2 Å². The van der Waals surface area contributed by atoms with E-state index in [9.17, 15) is 4.79 Å². The Hall–Kier alpha value is -0.570. The number of esters is 1. The highest BCUT2D eigenvalue weighted by molar-refractivity contribution is 5.77. The van der Waals surface area contributed by atoms with Gasteiger partial charge in [0.2, 0.25) is 0 Å². The highest BCUT2D eigenvalue weighted by Gasteiger charge is 2.49. The van der Waals surface area contributed by atoms with E-state index >= 15 is 0 Å². The lowest BCUT2D eigenvalue weighted by Gasteiger charge is -2.45. The second-order valence-corrected chi connectivity index (χ2v) is 9.24. The first-order valence-electron chi connectivity index (χ1n) is 8.10. The quantitative estimate of drug-likeness (QED) is 0.704. The van der Waals surface area contributed by atoms with Gasteiger partial charge in [-0.05, 0) is 30.6 Å². The zero-order valence-corrected chi connectivity index (χ0v) is 15.3.